The fourth-order valence-corrected chi connectivity index (χ4v) is 2.76. The number of amides is 1. The van der Waals surface area contributed by atoms with Gasteiger partial charge in [-0.3, -0.25) is 4.79 Å². The fourth-order valence-electron chi connectivity index (χ4n) is 2.76. The highest BCUT2D eigenvalue weighted by Gasteiger charge is 2.45. The number of rotatable bonds is 3. The lowest BCUT2D eigenvalue weighted by Gasteiger charge is -2.37. The highest BCUT2D eigenvalue weighted by Crippen LogP contribution is 2.26. The first-order valence-corrected chi connectivity index (χ1v) is 7.73. The number of carbonyl (C=O) groups is 1. The number of hydrogen-bond donors (Lipinski definition) is 0. The maximum atomic E-state index is 12.8. The molecule has 1 saturated heterocycles. The van der Waals surface area contributed by atoms with Crippen LogP contribution in [0.2, 0.25) is 0 Å². The van der Waals surface area contributed by atoms with E-state index in [9.17, 15) is 13.6 Å². The topological polar surface area (TPSA) is 33.2 Å². The molecule has 0 atom stereocenters. The molecule has 0 spiro atoms. The van der Waals surface area contributed by atoms with Crippen LogP contribution >= 0.6 is 0 Å². The molecular formula is C19H18F2N2O. The Balaban J connectivity index is 1.76. The third kappa shape index (κ3) is 3.67. The second kappa shape index (κ2) is 6.15. The van der Waals surface area contributed by atoms with Crippen LogP contribution in [0.4, 0.5) is 8.78 Å². The number of halogens is 2. The Morgan fingerprint density at radius 2 is 1.83 bits per heavy atom. The average Bonchev–Trinajstić information content (AvgIpc) is 2.49. The van der Waals surface area contributed by atoms with Crippen molar-refractivity contribution in [3.63, 3.8) is 0 Å². The van der Waals surface area contributed by atoms with E-state index in [4.69, 9.17) is 0 Å². The van der Waals surface area contributed by atoms with E-state index >= 15 is 0 Å². The van der Waals surface area contributed by atoms with Gasteiger partial charge in [-0.05, 0) is 44.2 Å². The molecule has 1 aliphatic heterocycles. The number of likely N-dealkylation sites (tertiary alicyclic amines) is 1. The van der Waals surface area contributed by atoms with Gasteiger partial charge in [0.2, 0.25) is 5.91 Å². The molecule has 0 aliphatic carbocycles. The molecule has 3 rings (SSSR count). The first kappa shape index (κ1) is 16.3. The van der Waals surface area contributed by atoms with Crippen molar-refractivity contribution in [3.8, 4) is 11.3 Å². The SMILES string of the molecule is Cc1cc(C)cc(-c2cccc(/C=C/C(=O)N3CC(F)(F)C3)n2)c1. The number of aryl methyl sites for hydroxylation is 2. The zero-order valence-electron chi connectivity index (χ0n) is 13.6. The van der Waals surface area contributed by atoms with Crippen molar-refractivity contribution >= 4 is 12.0 Å². The van der Waals surface area contributed by atoms with Crippen molar-refractivity contribution in [2.75, 3.05) is 13.1 Å². The summed E-state index contributed by atoms with van der Waals surface area (Å²) in [5.41, 5.74) is 4.75. The molecule has 0 unspecified atom stereocenters. The van der Waals surface area contributed by atoms with E-state index in [2.05, 4.69) is 23.2 Å². The van der Waals surface area contributed by atoms with Gasteiger partial charge in [0, 0.05) is 11.6 Å². The van der Waals surface area contributed by atoms with Crippen LogP contribution in [0.15, 0.2) is 42.5 Å². The number of nitrogens with zero attached hydrogens (tertiary/aromatic N) is 2. The third-order valence-corrected chi connectivity index (χ3v) is 3.84. The Kier molecular flexibility index (Phi) is 4.18. The summed E-state index contributed by atoms with van der Waals surface area (Å²) < 4.78 is 25.6. The van der Waals surface area contributed by atoms with E-state index in [0.29, 0.717) is 5.69 Å². The Labute approximate surface area is 139 Å². The average molecular weight is 328 g/mol. The number of pyridine rings is 1. The minimum Gasteiger partial charge on any atom is -0.327 e. The second-order valence-electron chi connectivity index (χ2n) is 6.21. The van der Waals surface area contributed by atoms with Crippen LogP contribution in [-0.4, -0.2) is 34.8 Å². The van der Waals surface area contributed by atoms with Gasteiger partial charge in [0.25, 0.3) is 5.92 Å². The lowest BCUT2D eigenvalue weighted by atomic mass is 10.0. The van der Waals surface area contributed by atoms with Crippen LogP contribution in [0, 0.1) is 13.8 Å². The molecule has 1 aromatic heterocycles. The molecule has 0 radical (unpaired) electrons. The van der Waals surface area contributed by atoms with E-state index in [-0.39, 0.29) is 0 Å². The van der Waals surface area contributed by atoms with Crippen molar-refractivity contribution in [1.29, 1.82) is 0 Å². The van der Waals surface area contributed by atoms with Gasteiger partial charge >= 0.3 is 0 Å². The molecule has 1 amide bonds. The fraction of sp³-hybridized carbons (Fsp3) is 0.263. The summed E-state index contributed by atoms with van der Waals surface area (Å²) in [6.07, 6.45) is 2.85. The summed E-state index contributed by atoms with van der Waals surface area (Å²) in [4.78, 5) is 17.4. The van der Waals surface area contributed by atoms with Gasteiger partial charge in [0.1, 0.15) is 0 Å². The molecule has 0 bridgehead atoms. The smallest absolute Gasteiger partial charge is 0.282 e. The van der Waals surface area contributed by atoms with Gasteiger partial charge < -0.3 is 4.90 Å². The largest absolute Gasteiger partial charge is 0.327 e. The Morgan fingerprint density at radius 3 is 2.46 bits per heavy atom. The highest BCUT2D eigenvalue weighted by molar-refractivity contribution is 5.92. The molecule has 1 aromatic carbocycles. The van der Waals surface area contributed by atoms with Crippen LogP contribution < -0.4 is 0 Å². The van der Waals surface area contributed by atoms with E-state index < -0.39 is 24.9 Å². The summed E-state index contributed by atoms with van der Waals surface area (Å²) in [5, 5.41) is 0. The summed E-state index contributed by atoms with van der Waals surface area (Å²) in [7, 11) is 0. The predicted molar refractivity (Wildman–Crippen MR) is 89.7 cm³/mol. The number of aromatic nitrogens is 1. The Bertz CT molecular complexity index is 787. The first-order chi connectivity index (χ1) is 11.3. The van der Waals surface area contributed by atoms with E-state index in [1.807, 2.05) is 26.0 Å². The van der Waals surface area contributed by atoms with Crippen LogP contribution in [0.25, 0.3) is 17.3 Å². The molecule has 2 aromatic rings. The monoisotopic (exact) mass is 328 g/mol. The van der Waals surface area contributed by atoms with Gasteiger partial charge in [0.15, 0.2) is 0 Å². The molecule has 1 fully saturated rings. The Morgan fingerprint density at radius 1 is 1.17 bits per heavy atom. The van der Waals surface area contributed by atoms with Crippen molar-refractivity contribution in [1.82, 2.24) is 9.88 Å². The van der Waals surface area contributed by atoms with E-state index in [0.717, 1.165) is 27.3 Å². The van der Waals surface area contributed by atoms with E-state index in [1.54, 1.807) is 12.1 Å². The molecular weight excluding hydrogens is 310 g/mol. The lowest BCUT2D eigenvalue weighted by Crippen LogP contribution is -2.57. The van der Waals surface area contributed by atoms with Crippen LogP contribution in [0.5, 0.6) is 0 Å². The van der Waals surface area contributed by atoms with Crippen LogP contribution in [0.3, 0.4) is 0 Å². The first-order valence-electron chi connectivity index (χ1n) is 7.73. The van der Waals surface area contributed by atoms with Crippen LogP contribution in [-0.2, 0) is 4.79 Å². The van der Waals surface area contributed by atoms with Gasteiger partial charge in [-0.1, -0.05) is 23.3 Å². The zero-order valence-corrected chi connectivity index (χ0v) is 13.6. The molecule has 5 heteroatoms. The standard InChI is InChI=1S/C19H18F2N2O/c1-13-8-14(2)10-15(9-13)17-5-3-4-16(22-17)6-7-18(24)23-11-19(20,21)12-23/h3-10H,11-12H2,1-2H3/b7-6+. The summed E-state index contributed by atoms with van der Waals surface area (Å²) in [6.45, 7) is 3.04. The maximum Gasteiger partial charge on any atom is 0.282 e. The molecule has 2 heterocycles. The Hall–Kier alpha value is -2.56. The van der Waals surface area contributed by atoms with Gasteiger partial charge in [-0.2, -0.15) is 0 Å². The number of carbonyl (C=O) groups excluding carboxylic acids is 1. The summed E-state index contributed by atoms with van der Waals surface area (Å²) in [5.74, 6) is -3.16. The van der Waals surface area contributed by atoms with E-state index in [1.165, 1.54) is 6.08 Å². The highest BCUT2D eigenvalue weighted by atomic mass is 19.3. The van der Waals surface area contributed by atoms with Crippen LogP contribution in [0.1, 0.15) is 16.8 Å². The van der Waals surface area contributed by atoms with Gasteiger partial charge in [-0.15, -0.1) is 0 Å². The molecule has 1 aliphatic rings. The normalized spacial score (nSPS) is 16.2. The van der Waals surface area contributed by atoms with Crippen molar-refractivity contribution in [2.45, 2.75) is 19.8 Å². The predicted octanol–water partition coefficient (Wildman–Crippen LogP) is 3.86. The maximum absolute atomic E-state index is 12.8. The molecule has 3 nitrogen and oxygen atoms in total. The molecule has 124 valence electrons. The summed E-state index contributed by atoms with van der Waals surface area (Å²) in [6, 6.07) is 11.7. The lowest BCUT2D eigenvalue weighted by molar-refractivity contribution is -0.160. The summed E-state index contributed by atoms with van der Waals surface area (Å²) >= 11 is 0. The van der Waals surface area contributed by atoms with Crippen molar-refractivity contribution < 1.29 is 13.6 Å². The molecule has 24 heavy (non-hydrogen) atoms. The number of alkyl halides is 2. The minimum atomic E-state index is -2.75. The quantitative estimate of drug-likeness (QED) is 0.802. The number of hydrogen-bond acceptors (Lipinski definition) is 2. The van der Waals surface area contributed by atoms with Crippen molar-refractivity contribution in [3.05, 3.63) is 59.3 Å². The van der Waals surface area contributed by atoms with Crippen molar-refractivity contribution in [2.24, 2.45) is 0 Å². The number of benzene rings is 1. The third-order valence-electron chi connectivity index (χ3n) is 3.84. The van der Waals surface area contributed by atoms with Gasteiger partial charge in [-0.25, -0.2) is 13.8 Å². The second-order valence-corrected chi connectivity index (χ2v) is 6.21. The molecule has 0 N–H and O–H groups in total. The minimum absolute atomic E-state index is 0.417. The molecule has 0 saturated carbocycles. The van der Waals surface area contributed by atoms with Gasteiger partial charge in [0.05, 0.1) is 24.5 Å². The zero-order chi connectivity index (χ0) is 17.3.